The first-order chi connectivity index (χ1) is 7.52. The van der Waals surface area contributed by atoms with E-state index < -0.39 is 0 Å². The highest BCUT2D eigenvalue weighted by atomic mass is 16.3. The summed E-state index contributed by atoms with van der Waals surface area (Å²) in [6, 6.07) is 12.6. The van der Waals surface area contributed by atoms with Gasteiger partial charge in [-0.3, -0.25) is 0 Å². The topological polar surface area (TPSA) is 20.2 Å². The molecule has 0 fully saturated rings. The Labute approximate surface area is 104 Å². The number of benzene rings is 2. The summed E-state index contributed by atoms with van der Waals surface area (Å²) in [6.45, 7) is 6.64. The summed E-state index contributed by atoms with van der Waals surface area (Å²) in [7, 11) is 0. The Bertz CT molecular complexity index is 506. The molecule has 1 heteroatoms. The van der Waals surface area contributed by atoms with E-state index in [1.54, 1.807) is 0 Å². The van der Waals surface area contributed by atoms with Crippen molar-refractivity contribution in [2.24, 2.45) is 0 Å². The Kier molecular flexibility index (Phi) is 3.94. The molecule has 0 saturated carbocycles. The molecule has 0 aliphatic heterocycles. The number of aliphatic hydroxyl groups excluding tert-OH is 1. The molecule has 0 saturated heterocycles. The van der Waals surface area contributed by atoms with Gasteiger partial charge in [0, 0.05) is 0 Å². The zero-order valence-corrected chi connectivity index (χ0v) is 10.1. The minimum absolute atomic E-state index is 0. The van der Waals surface area contributed by atoms with Crippen LogP contribution in [0, 0.1) is 0 Å². The second kappa shape index (κ2) is 4.89. The number of rotatable bonds is 1. The van der Waals surface area contributed by atoms with E-state index in [2.05, 4.69) is 45.0 Å². The highest BCUT2D eigenvalue weighted by Gasteiger charge is 2.17. The molecule has 0 atom stereocenters. The molecule has 1 nitrogen and oxygen atoms in total. The molecule has 92 valence electrons. The smallest absolute Gasteiger partial charge is 0.0684 e. The Hall–Kier alpha value is -1.34. The van der Waals surface area contributed by atoms with Crippen LogP contribution in [0.2, 0.25) is 0 Å². The molecule has 0 amide bonds. The largest absolute Gasteiger partial charge is 0.392 e. The van der Waals surface area contributed by atoms with Crippen LogP contribution in [0.1, 0.15) is 39.3 Å². The number of aliphatic hydroxyl groups is 1. The van der Waals surface area contributed by atoms with Gasteiger partial charge < -0.3 is 5.11 Å². The summed E-state index contributed by atoms with van der Waals surface area (Å²) in [4.78, 5) is 0. The number of hydrogen-bond donors (Lipinski definition) is 1. The molecule has 0 spiro atoms. The Morgan fingerprint density at radius 1 is 1.00 bits per heavy atom. The van der Waals surface area contributed by atoms with Gasteiger partial charge in [0.25, 0.3) is 0 Å². The molecular formula is C16H22O. The van der Waals surface area contributed by atoms with E-state index in [-0.39, 0.29) is 19.4 Å². The summed E-state index contributed by atoms with van der Waals surface area (Å²) < 4.78 is 0. The molecule has 0 unspecified atom stereocenters. The van der Waals surface area contributed by atoms with Crippen molar-refractivity contribution in [1.82, 2.24) is 0 Å². The normalized spacial score (nSPS) is 11.3. The van der Waals surface area contributed by atoms with Gasteiger partial charge in [-0.1, -0.05) is 58.5 Å². The summed E-state index contributed by atoms with van der Waals surface area (Å²) in [5, 5.41) is 11.9. The van der Waals surface area contributed by atoms with E-state index in [1.807, 2.05) is 12.1 Å². The van der Waals surface area contributed by atoms with Crippen LogP contribution >= 0.6 is 0 Å². The highest BCUT2D eigenvalue weighted by molar-refractivity contribution is 5.84. The molecule has 0 heterocycles. The average Bonchev–Trinajstić information content (AvgIpc) is 2.26. The molecule has 2 aromatic carbocycles. The molecule has 17 heavy (non-hydrogen) atoms. The Morgan fingerprint density at radius 2 is 1.53 bits per heavy atom. The third kappa shape index (κ3) is 2.67. The first-order valence-corrected chi connectivity index (χ1v) is 5.65. The summed E-state index contributed by atoms with van der Waals surface area (Å²) in [6.07, 6.45) is 0. The van der Waals surface area contributed by atoms with Crippen LogP contribution in [0.3, 0.4) is 0 Å². The molecular weight excluding hydrogens is 208 g/mol. The van der Waals surface area contributed by atoms with Crippen LogP contribution in [0.25, 0.3) is 10.8 Å². The summed E-state index contributed by atoms with van der Waals surface area (Å²) >= 11 is 0. The van der Waals surface area contributed by atoms with Gasteiger partial charge in [0.15, 0.2) is 0 Å². The minimum Gasteiger partial charge on any atom is -0.392 e. The molecule has 0 bridgehead atoms. The molecule has 2 rings (SSSR count). The number of hydrogen-bond acceptors (Lipinski definition) is 1. The summed E-state index contributed by atoms with van der Waals surface area (Å²) in [5.74, 6) is 0. The predicted octanol–water partition coefficient (Wildman–Crippen LogP) is 4.27. The van der Waals surface area contributed by atoms with Crippen molar-refractivity contribution in [2.75, 3.05) is 0 Å². The lowest BCUT2D eigenvalue weighted by molar-refractivity contribution is 0.278. The van der Waals surface area contributed by atoms with Crippen LogP contribution in [-0.2, 0) is 12.0 Å². The fourth-order valence-corrected chi connectivity index (χ4v) is 2.12. The van der Waals surface area contributed by atoms with E-state index in [0.717, 1.165) is 5.56 Å². The van der Waals surface area contributed by atoms with Gasteiger partial charge in [0.2, 0.25) is 0 Å². The summed E-state index contributed by atoms with van der Waals surface area (Å²) in [5.41, 5.74) is 2.34. The van der Waals surface area contributed by atoms with E-state index in [1.165, 1.54) is 16.3 Å². The second-order valence-corrected chi connectivity index (χ2v) is 5.26. The second-order valence-electron chi connectivity index (χ2n) is 5.26. The van der Waals surface area contributed by atoms with Crippen molar-refractivity contribution in [3.63, 3.8) is 0 Å². The third-order valence-corrected chi connectivity index (χ3v) is 2.95. The molecule has 0 aliphatic rings. The van der Waals surface area contributed by atoms with Crippen LogP contribution in [0.15, 0.2) is 36.4 Å². The maximum absolute atomic E-state index is 9.44. The fraction of sp³-hybridized carbons (Fsp3) is 0.375. The van der Waals surface area contributed by atoms with Crippen molar-refractivity contribution in [2.45, 2.75) is 40.2 Å². The first-order valence-electron chi connectivity index (χ1n) is 5.65. The lowest BCUT2D eigenvalue weighted by Gasteiger charge is -2.23. The highest BCUT2D eigenvalue weighted by Crippen LogP contribution is 2.30. The third-order valence-electron chi connectivity index (χ3n) is 2.95. The van der Waals surface area contributed by atoms with Crippen molar-refractivity contribution in [1.29, 1.82) is 0 Å². The Morgan fingerprint density at radius 3 is 2.00 bits per heavy atom. The van der Waals surface area contributed by atoms with Gasteiger partial charge in [-0.15, -0.1) is 0 Å². The molecule has 0 aliphatic carbocycles. The molecule has 0 aromatic heterocycles. The van der Waals surface area contributed by atoms with Gasteiger partial charge in [-0.25, -0.2) is 0 Å². The minimum atomic E-state index is 0. The van der Waals surface area contributed by atoms with Crippen LogP contribution < -0.4 is 0 Å². The maximum atomic E-state index is 9.44. The van der Waals surface area contributed by atoms with Crippen molar-refractivity contribution in [3.05, 3.63) is 47.5 Å². The average molecular weight is 230 g/mol. The number of fused-ring (bicyclic) bond motifs is 1. The maximum Gasteiger partial charge on any atom is 0.0684 e. The lowest BCUT2D eigenvalue weighted by Crippen LogP contribution is -2.14. The SMILES string of the molecule is C.CC(C)(C)c1cc2ccccc2cc1CO. The van der Waals surface area contributed by atoms with Crippen LogP contribution in [0.4, 0.5) is 0 Å². The van der Waals surface area contributed by atoms with E-state index in [9.17, 15) is 5.11 Å². The standard InChI is InChI=1S/C15H18O.CH4/c1-15(2,3)14-9-12-7-5-4-6-11(12)8-13(14)10-16;/h4-9,16H,10H2,1-3H3;1H4. The predicted molar refractivity (Wildman–Crippen MR) is 75.3 cm³/mol. The van der Waals surface area contributed by atoms with Gasteiger partial charge >= 0.3 is 0 Å². The Balaban J connectivity index is 0.00000144. The first kappa shape index (κ1) is 13.7. The van der Waals surface area contributed by atoms with Gasteiger partial charge in [0.1, 0.15) is 0 Å². The van der Waals surface area contributed by atoms with Gasteiger partial charge in [-0.2, -0.15) is 0 Å². The van der Waals surface area contributed by atoms with Crippen LogP contribution in [0.5, 0.6) is 0 Å². The molecule has 0 radical (unpaired) electrons. The zero-order chi connectivity index (χ0) is 11.8. The van der Waals surface area contributed by atoms with Crippen molar-refractivity contribution >= 4 is 10.8 Å². The molecule has 1 N–H and O–H groups in total. The van der Waals surface area contributed by atoms with Gasteiger partial charge in [0.05, 0.1) is 6.61 Å². The quantitative estimate of drug-likeness (QED) is 0.776. The van der Waals surface area contributed by atoms with E-state index in [0.29, 0.717) is 0 Å². The fourth-order valence-electron chi connectivity index (χ4n) is 2.12. The lowest BCUT2D eigenvalue weighted by atomic mass is 9.82. The van der Waals surface area contributed by atoms with E-state index >= 15 is 0 Å². The zero-order valence-electron chi connectivity index (χ0n) is 10.1. The van der Waals surface area contributed by atoms with Crippen LogP contribution in [-0.4, -0.2) is 5.11 Å². The van der Waals surface area contributed by atoms with E-state index in [4.69, 9.17) is 0 Å². The van der Waals surface area contributed by atoms with Crippen molar-refractivity contribution < 1.29 is 5.11 Å². The van der Waals surface area contributed by atoms with Crippen molar-refractivity contribution in [3.8, 4) is 0 Å². The molecule has 2 aromatic rings. The van der Waals surface area contributed by atoms with Gasteiger partial charge in [-0.05, 0) is 33.4 Å². The monoisotopic (exact) mass is 230 g/mol.